The zero-order chi connectivity index (χ0) is 18.0. The van der Waals surface area contributed by atoms with Crippen LogP contribution in [0.25, 0.3) is 0 Å². The number of amides is 3. The Labute approximate surface area is 142 Å². The summed E-state index contributed by atoms with van der Waals surface area (Å²) >= 11 is 0. The van der Waals surface area contributed by atoms with Gasteiger partial charge in [0.05, 0.1) is 5.69 Å². The highest BCUT2D eigenvalue weighted by Crippen LogP contribution is 2.23. The van der Waals surface area contributed by atoms with Gasteiger partial charge in [-0.05, 0) is 41.8 Å². The van der Waals surface area contributed by atoms with Gasteiger partial charge in [0, 0.05) is 24.8 Å². The highest BCUT2D eigenvalue weighted by molar-refractivity contribution is 5.99. The fourth-order valence-electron chi connectivity index (χ4n) is 2.67. The van der Waals surface area contributed by atoms with Gasteiger partial charge in [-0.3, -0.25) is 0 Å². The van der Waals surface area contributed by atoms with E-state index in [2.05, 4.69) is 10.6 Å². The zero-order valence-corrected chi connectivity index (χ0v) is 13.1. The summed E-state index contributed by atoms with van der Waals surface area (Å²) in [6.07, 6.45) is -0.417. The molecule has 1 aliphatic rings. The number of rotatable bonds is 2. The molecule has 0 fully saturated rings. The maximum Gasteiger partial charge on any atom is 0.407 e. The summed E-state index contributed by atoms with van der Waals surface area (Å²) in [6.45, 7) is 0.691. The molecule has 25 heavy (non-hydrogen) atoms. The molecule has 0 saturated carbocycles. The normalized spacial score (nSPS) is 13.1. The largest absolute Gasteiger partial charge is 0.465 e. The Morgan fingerprint density at radius 2 is 1.84 bits per heavy atom. The summed E-state index contributed by atoms with van der Waals surface area (Å²) in [6, 6.07) is 7.36. The van der Waals surface area contributed by atoms with Crippen LogP contribution in [0.15, 0.2) is 36.4 Å². The van der Waals surface area contributed by atoms with E-state index in [1.54, 1.807) is 18.2 Å². The minimum atomic E-state index is -0.964. The number of carbonyl (C=O) groups is 2. The molecule has 8 heteroatoms. The molecule has 0 bridgehead atoms. The number of carboxylic acid groups (broad SMARTS) is 1. The second kappa shape index (κ2) is 6.76. The molecule has 0 saturated heterocycles. The van der Waals surface area contributed by atoms with Gasteiger partial charge in [-0.2, -0.15) is 0 Å². The number of halogens is 2. The fraction of sp³-hybridized carbons (Fsp3) is 0.176. The molecule has 0 unspecified atom stereocenters. The van der Waals surface area contributed by atoms with Crippen LogP contribution in [0.2, 0.25) is 0 Å². The first kappa shape index (κ1) is 16.7. The van der Waals surface area contributed by atoms with Gasteiger partial charge in [-0.15, -0.1) is 0 Å². The minimum absolute atomic E-state index is 0.131. The number of fused-ring (bicyclic) bond motifs is 1. The Morgan fingerprint density at radius 1 is 1.04 bits per heavy atom. The van der Waals surface area contributed by atoms with Crippen LogP contribution in [0.3, 0.4) is 0 Å². The third-order valence-electron chi connectivity index (χ3n) is 3.93. The van der Waals surface area contributed by atoms with Crippen LogP contribution in [0.5, 0.6) is 0 Å². The van der Waals surface area contributed by atoms with E-state index in [1.165, 1.54) is 4.90 Å². The van der Waals surface area contributed by atoms with Gasteiger partial charge in [-0.1, -0.05) is 6.07 Å². The molecule has 6 nitrogen and oxygen atoms in total. The zero-order valence-electron chi connectivity index (χ0n) is 13.1. The number of nitrogens with one attached hydrogen (secondary N) is 2. The lowest BCUT2D eigenvalue weighted by atomic mass is 9.99. The van der Waals surface area contributed by atoms with Gasteiger partial charge in [0.2, 0.25) is 0 Å². The molecule has 1 aliphatic heterocycles. The predicted molar refractivity (Wildman–Crippen MR) is 87.6 cm³/mol. The molecule has 0 radical (unpaired) electrons. The summed E-state index contributed by atoms with van der Waals surface area (Å²) in [4.78, 5) is 24.3. The van der Waals surface area contributed by atoms with Crippen LogP contribution in [0, 0.1) is 11.6 Å². The molecule has 0 aromatic heterocycles. The van der Waals surface area contributed by atoms with E-state index in [0.29, 0.717) is 31.3 Å². The quantitative estimate of drug-likeness (QED) is 0.776. The van der Waals surface area contributed by atoms with Gasteiger partial charge >= 0.3 is 12.1 Å². The van der Waals surface area contributed by atoms with Crippen molar-refractivity contribution in [2.75, 3.05) is 17.2 Å². The molecule has 1 heterocycles. The first-order valence-electron chi connectivity index (χ1n) is 7.55. The number of hydrogen-bond donors (Lipinski definition) is 3. The first-order chi connectivity index (χ1) is 11.9. The second-order valence-electron chi connectivity index (χ2n) is 5.64. The van der Waals surface area contributed by atoms with Crippen molar-refractivity contribution >= 4 is 23.5 Å². The van der Waals surface area contributed by atoms with Crippen LogP contribution in [-0.2, 0) is 13.0 Å². The number of carbonyl (C=O) groups excluding carboxylic acids is 1. The van der Waals surface area contributed by atoms with Crippen molar-refractivity contribution in [2.24, 2.45) is 0 Å². The van der Waals surface area contributed by atoms with Gasteiger partial charge in [0.1, 0.15) is 11.6 Å². The molecule has 2 aromatic carbocycles. The maximum absolute atomic E-state index is 13.5. The van der Waals surface area contributed by atoms with Gasteiger partial charge < -0.3 is 20.6 Å². The lowest BCUT2D eigenvalue weighted by Crippen LogP contribution is -2.34. The van der Waals surface area contributed by atoms with Crippen molar-refractivity contribution in [2.45, 2.75) is 13.0 Å². The molecule has 3 N–H and O–H groups in total. The Bertz CT molecular complexity index is 842. The third kappa shape index (κ3) is 3.85. The predicted octanol–water partition coefficient (Wildman–Crippen LogP) is 3.64. The number of hydrogen-bond acceptors (Lipinski definition) is 2. The number of anilines is 2. The first-order valence-corrected chi connectivity index (χ1v) is 7.55. The van der Waals surface area contributed by atoms with Gasteiger partial charge in [-0.25, -0.2) is 18.4 Å². The molecule has 0 aliphatic carbocycles. The third-order valence-corrected chi connectivity index (χ3v) is 3.93. The van der Waals surface area contributed by atoms with Gasteiger partial charge in [0.25, 0.3) is 0 Å². The molecule has 3 rings (SSSR count). The lowest BCUT2D eigenvalue weighted by molar-refractivity contribution is 0.140. The summed E-state index contributed by atoms with van der Waals surface area (Å²) < 4.78 is 26.4. The number of benzene rings is 2. The Kier molecular flexibility index (Phi) is 4.51. The highest BCUT2D eigenvalue weighted by Gasteiger charge is 2.20. The highest BCUT2D eigenvalue weighted by atomic mass is 19.1. The molecule has 130 valence electrons. The van der Waals surface area contributed by atoms with Crippen LogP contribution in [0.4, 0.5) is 29.7 Å². The lowest BCUT2D eigenvalue weighted by Gasteiger charge is -2.26. The van der Waals surface area contributed by atoms with Crippen molar-refractivity contribution in [1.29, 1.82) is 0 Å². The van der Waals surface area contributed by atoms with Crippen molar-refractivity contribution < 1.29 is 23.5 Å². The molecule has 0 atom stereocenters. The van der Waals surface area contributed by atoms with E-state index in [-0.39, 0.29) is 5.69 Å². The summed E-state index contributed by atoms with van der Waals surface area (Å²) in [7, 11) is 0. The second-order valence-corrected chi connectivity index (χ2v) is 5.64. The molecule has 2 aromatic rings. The smallest absolute Gasteiger partial charge is 0.407 e. The molecular formula is C17H15F2N3O3. The minimum Gasteiger partial charge on any atom is -0.465 e. The Balaban J connectivity index is 1.67. The number of urea groups is 1. The van der Waals surface area contributed by atoms with E-state index < -0.39 is 23.8 Å². The molecule has 0 spiro atoms. The fourth-order valence-corrected chi connectivity index (χ4v) is 2.67. The molecule has 3 amide bonds. The summed E-state index contributed by atoms with van der Waals surface area (Å²) in [5, 5.41) is 13.9. The van der Waals surface area contributed by atoms with E-state index in [4.69, 9.17) is 5.11 Å². The van der Waals surface area contributed by atoms with E-state index in [9.17, 15) is 18.4 Å². The average Bonchev–Trinajstić information content (AvgIpc) is 2.57. The maximum atomic E-state index is 13.5. The average molecular weight is 347 g/mol. The van der Waals surface area contributed by atoms with Crippen molar-refractivity contribution in [3.8, 4) is 0 Å². The van der Waals surface area contributed by atoms with Crippen LogP contribution in [0.1, 0.15) is 11.1 Å². The van der Waals surface area contributed by atoms with E-state index >= 15 is 0 Å². The Morgan fingerprint density at radius 3 is 2.56 bits per heavy atom. The van der Waals surface area contributed by atoms with E-state index in [0.717, 1.165) is 23.3 Å². The summed E-state index contributed by atoms with van der Waals surface area (Å²) in [5.41, 5.74) is 2.20. The SMILES string of the molecule is O=C(Nc1ccc2c(c1)CCN(C(=O)O)C2)Nc1ccc(F)cc1F. The summed E-state index contributed by atoms with van der Waals surface area (Å²) in [5.74, 6) is -1.59. The van der Waals surface area contributed by atoms with Crippen molar-refractivity contribution in [3.63, 3.8) is 0 Å². The van der Waals surface area contributed by atoms with Crippen LogP contribution >= 0.6 is 0 Å². The van der Waals surface area contributed by atoms with Crippen LogP contribution < -0.4 is 10.6 Å². The number of nitrogens with zero attached hydrogens (tertiary/aromatic N) is 1. The Hall–Kier alpha value is -3.16. The van der Waals surface area contributed by atoms with Crippen molar-refractivity contribution in [1.82, 2.24) is 4.90 Å². The van der Waals surface area contributed by atoms with Crippen molar-refractivity contribution in [3.05, 3.63) is 59.2 Å². The van der Waals surface area contributed by atoms with Gasteiger partial charge in [0.15, 0.2) is 0 Å². The molecular weight excluding hydrogens is 332 g/mol. The van der Waals surface area contributed by atoms with Crippen LogP contribution in [-0.4, -0.2) is 28.7 Å². The van der Waals surface area contributed by atoms with E-state index in [1.807, 2.05) is 0 Å². The standard InChI is InChI=1S/C17H15F2N3O3/c18-12-2-4-15(14(19)8-12)21-16(23)20-13-3-1-11-9-22(17(24)25)6-5-10(11)7-13/h1-4,7-8H,5-6,9H2,(H,24,25)(H2,20,21,23). The topological polar surface area (TPSA) is 81.7 Å². The monoisotopic (exact) mass is 347 g/mol.